The minimum Gasteiger partial charge on any atom is -0.313 e. The molecule has 0 aliphatic carbocycles. The quantitative estimate of drug-likeness (QED) is 0.841. The average Bonchev–Trinajstić information content (AvgIpc) is 2.75. The first-order valence-corrected chi connectivity index (χ1v) is 6.36. The zero-order valence-electron chi connectivity index (χ0n) is 9.95. The molecule has 0 fully saturated rings. The molecule has 1 unspecified atom stereocenters. The first-order chi connectivity index (χ1) is 7.70. The van der Waals surface area contributed by atoms with Gasteiger partial charge in [-0.05, 0) is 50.2 Å². The first kappa shape index (κ1) is 11.4. The van der Waals surface area contributed by atoms with Crippen molar-refractivity contribution in [2.24, 2.45) is 0 Å². The Morgan fingerprint density at radius 1 is 1.19 bits per heavy atom. The van der Waals surface area contributed by atoms with Crippen LogP contribution in [0.5, 0.6) is 0 Å². The summed E-state index contributed by atoms with van der Waals surface area (Å²) in [6.45, 7) is 4.33. The SMILES string of the molecule is CNC(C)c1cccc(-c2ccc(C)s2)c1. The van der Waals surface area contributed by atoms with Crippen molar-refractivity contribution >= 4 is 11.3 Å². The highest BCUT2D eigenvalue weighted by atomic mass is 32.1. The number of hydrogen-bond donors (Lipinski definition) is 1. The van der Waals surface area contributed by atoms with Crippen molar-refractivity contribution in [2.75, 3.05) is 7.05 Å². The molecular weight excluding hydrogens is 214 g/mol. The fraction of sp³-hybridized carbons (Fsp3) is 0.286. The fourth-order valence-corrected chi connectivity index (χ4v) is 2.58. The van der Waals surface area contributed by atoms with Crippen molar-refractivity contribution in [1.29, 1.82) is 0 Å². The Kier molecular flexibility index (Phi) is 3.42. The smallest absolute Gasteiger partial charge is 0.0345 e. The topological polar surface area (TPSA) is 12.0 Å². The molecule has 2 aromatic rings. The second kappa shape index (κ2) is 4.81. The molecule has 2 rings (SSSR count). The van der Waals surface area contributed by atoms with Gasteiger partial charge >= 0.3 is 0 Å². The molecule has 0 aliphatic rings. The highest BCUT2D eigenvalue weighted by Crippen LogP contribution is 2.29. The van der Waals surface area contributed by atoms with Crippen molar-refractivity contribution in [3.63, 3.8) is 0 Å². The van der Waals surface area contributed by atoms with Crippen LogP contribution in [0.3, 0.4) is 0 Å². The van der Waals surface area contributed by atoms with Gasteiger partial charge in [0.25, 0.3) is 0 Å². The Bertz CT molecular complexity index is 473. The average molecular weight is 231 g/mol. The van der Waals surface area contributed by atoms with E-state index in [0.717, 1.165) is 0 Å². The molecule has 0 aliphatic heterocycles. The Labute approximate surface area is 101 Å². The lowest BCUT2D eigenvalue weighted by molar-refractivity contribution is 0.652. The van der Waals surface area contributed by atoms with E-state index in [-0.39, 0.29) is 0 Å². The molecule has 1 aromatic carbocycles. The highest BCUT2D eigenvalue weighted by molar-refractivity contribution is 7.15. The second-order valence-electron chi connectivity index (χ2n) is 4.05. The van der Waals surface area contributed by atoms with E-state index in [1.165, 1.54) is 20.9 Å². The van der Waals surface area contributed by atoms with E-state index in [1.54, 1.807) is 0 Å². The van der Waals surface area contributed by atoms with E-state index in [1.807, 2.05) is 18.4 Å². The molecule has 0 bridgehead atoms. The highest BCUT2D eigenvalue weighted by Gasteiger charge is 2.05. The van der Waals surface area contributed by atoms with Gasteiger partial charge in [-0.15, -0.1) is 11.3 Å². The number of thiophene rings is 1. The molecule has 1 heterocycles. The van der Waals surface area contributed by atoms with Crippen molar-refractivity contribution in [3.8, 4) is 10.4 Å². The van der Waals surface area contributed by atoms with Gasteiger partial charge in [-0.3, -0.25) is 0 Å². The van der Waals surface area contributed by atoms with Gasteiger partial charge in [-0.2, -0.15) is 0 Å². The summed E-state index contributed by atoms with van der Waals surface area (Å²) in [6.07, 6.45) is 0. The van der Waals surface area contributed by atoms with E-state index in [0.29, 0.717) is 6.04 Å². The molecule has 1 atom stereocenters. The number of nitrogens with one attached hydrogen (secondary N) is 1. The van der Waals surface area contributed by atoms with E-state index >= 15 is 0 Å². The zero-order chi connectivity index (χ0) is 11.5. The Morgan fingerprint density at radius 2 is 2.00 bits per heavy atom. The van der Waals surface area contributed by atoms with Gasteiger partial charge in [0.15, 0.2) is 0 Å². The lowest BCUT2D eigenvalue weighted by Crippen LogP contribution is -2.11. The van der Waals surface area contributed by atoms with E-state index in [9.17, 15) is 0 Å². The lowest BCUT2D eigenvalue weighted by Gasteiger charge is -2.11. The van der Waals surface area contributed by atoms with Crippen LogP contribution in [-0.4, -0.2) is 7.05 Å². The molecule has 1 N–H and O–H groups in total. The largest absolute Gasteiger partial charge is 0.313 e. The Balaban J connectivity index is 2.36. The van der Waals surface area contributed by atoms with Crippen LogP contribution in [0.15, 0.2) is 36.4 Å². The summed E-state index contributed by atoms with van der Waals surface area (Å²) in [7, 11) is 1.99. The van der Waals surface area contributed by atoms with Crippen molar-refractivity contribution in [2.45, 2.75) is 19.9 Å². The van der Waals surface area contributed by atoms with Crippen LogP contribution in [0.2, 0.25) is 0 Å². The second-order valence-corrected chi connectivity index (χ2v) is 5.33. The summed E-state index contributed by atoms with van der Waals surface area (Å²) >= 11 is 1.85. The molecule has 2 heteroatoms. The van der Waals surface area contributed by atoms with Gasteiger partial charge < -0.3 is 5.32 Å². The third kappa shape index (κ3) is 2.34. The Morgan fingerprint density at radius 3 is 2.62 bits per heavy atom. The third-order valence-corrected chi connectivity index (χ3v) is 3.89. The summed E-state index contributed by atoms with van der Waals surface area (Å²) < 4.78 is 0. The van der Waals surface area contributed by atoms with Gasteiger partial charge in [0.05, 0.1) is 0 Å². The van der Waals surface area contributed by atoms with Gasteiger partial charge in [-0.1, -0.05) is 18.2 Å². The number of aryl methyl sites for hydroxylation is 1. The molecule has 84 valence electrons. The van der Waals surface area contributed by atoms with Crippen molar-refractivity contribution in [1.82, 2.24) is 5.32 Å². The summed E-state index contributed by atoms with van der Waals surface area (Å²) in [5.41, 5.74) is 2.66. The molecule has 0 saturated carbocycles. The standard InChI is InChI=1S/C14H17NS/c1-10-7-8-14(16-10)13-6-4-5-12(9-13)11(2)15-3/h4-9,11,15H,1-3H3. The van der Waals surface area contributed by atoms with Crippen LogP contribution in [0, 0.1) is 6.92 Å². The minimum atomic E-state index is 0.404. The predicted molar refractivity (Wildman–Crippen MR) is 72.0 cm³/mol. The van der Waals surface area contributed by atoms with Crippen molar-refractivity contribution in [3.05, 3.63) is 46.8 Å². The monoisotopic (exact) mass is 231 g/mol. The van der Waals surface area contributed by atoms with Crippen LogP contribution in [0.4, 0.5) is 0 Å². The number of rotatable bonds is 3. The van der Waals surface area contributed by atoms with Crippen LogP contribution >= 0.6 is 11.3 Å². The van der Waals surface area contributed by atoms with E-state index < -0.39 is 0 Å². The van der Waals surface area contributed by atoms with Crippen LogP contribution < -0.4 is 5.32 Å². The van der Waals surface area contributed by atoms with Gasteiger partial charge in [0.2, 0.25) is 0 Å². The van der Waals surface area contributed by atoms with E-state index in [2.05, 4.69) is 55.6 Å². The Hall–Kier alpha value is -1.12. The van der Waals surface area contributed by atoms with Crippen molar-refractivity contribution < 1.29 is 0 Å². The first-order valence-electron chi connectivity index (χ1n) is 5.54. The molecule has 0 radical (unpaired) electrons. The summed E-state index contributed by atoms with van der Waals surface area (Å²) in [6, 6.07) is 13.5. The van der Waals surface area contributed by atoms with Crippen LogP contribution in [0.1, 0.15) is 23.4 Å². The molecule has 0 amide bonds. The maximum atomic E-state index is 3.27. The number of hydrogen-bond acceptors (Lipinski definition) is 2. The van der Waals surface area contributed by atoms with Gasteiger partial charge in [0, 0.05) is 15.8 Å². The molecule has 0 saturated heterocycles. The van der Waals surface area contributed by atoms with Crippen LogP contribution in [-0.2, 0) is 0 Å². The molecular formula is C14H17NS. The molecule has 0 spiro atoms. The lowest BCUT2D eigenvalue weighted by atomic mass is 10.0. The predicted octanol–water partition coefficient (Wildman–Crippen LogP) is 4.00. The fourth-order valence-electron chi connectivity index (χ4n) is 1.72. The third-order valence-electron chi connectivity index (χ3n) is 2.84. The maximum absolute atomic E-state index is 3.27. The van der Waals surface area contributed by atoms with E-state index in [4.69, 9.17) is 0 Å². The normalized spacial score (nSPS) is 12.7. The maximum Gasteiger partial charge on any atom is 0.0345 e. The zero-order valence-corrected chi connectivity index (χ0v) is 10.8. The minimum absolute atomic E-state index is 0.404. The summed E-state index contributed by atoms with van der Waals surface area (Å²) in [5, 5.41) is 3.27. The van der Waals surface area contributed by atoms with Crippen LogP contribution in [0.25, 0.3) is 10.4 Å². The number of benzene rings is 1. The summed E-state index contributed by atoms with van der Waals surface area (Å²) in [4.78, 5) is 2.71. The summed E-state index contributed by atoms with van der Waals surface area (Å²) in [5.74, 6) is 0. The van der Waals surface area contributed by atoms with Gasteiger partial charge in [0.1, 0.15) is 0 Å². The molecule has 1 nitrogen and oxygen atoms in total. The molecule has 1 aromatic heterocycles. The van der Waals surface area contributed by atoms with Gasteiger partial charge in [-0.25, -0.2) is 0 Å². The molecule has 16 heavy (non-hydrogen) atoms.